The summed E-state index contributed by atoms with van der Waals surface area (Å²) in [5, 5.41) is 0. The van der Waals surface area contributed by atoms with Gasteiger partial charge in [-0.05, 0) is 17.7 Å². The van der Waals surface area contributed by atoms with E-state index in [0.717, 1.165) is 11.3 Å². The van der Waals surface area contributed by atoms with E-state index in [1.54, 1.807) is 18.2 Å². The van der Waals surface area contributed by atoms with Gasteiger partial charge in [0.25, 0.3) is 0 Å². The SMILES string of the molecule is C=C/C=C(\C=C)c1ccc(N)c(OC)n1. The van der Waals surface area contributed by atoms with Gasteiger partial charge in [0.1, 0.15) is 0 Å². The van der Waals surface area contributed by atoms with Crippen molar-refractivity contribution in [2.24, 2.45) is 0 Å². The second-order valence-corrected chi connectivity index (χ2v) is 2.86. The first kappa shape index (κ1) is 11.0. The summed E-state index contributed by atoms with van der Waals surface area (Å²) in [6, 6.07) is 3.57. The Morgan fingerprint density at radius 2 is 2.20 bits per heavy atom. The van der Waals surface area contributed by atoms with E-state index in [1.807, 2.05) is 12.1 Å². The van der Waals surface area contributed by atoms with Gasteiger partial charge in [-0.2, -0.15) is 0 Å². The van der Waals surface area contributed by atoms with Crippen LogP contribution in [0.3, 0.4) is 0 Å². The van der Waals surface area contributed by atoms with Crippen molar-refractivity contribution in [3.05, 3.63) is 49.2 Å². The molecule has 0 aliphatic heterocycles. The van der Waals surface area contributed by atoms with Gasteiger partial charge in [-0.15, -0.1) is 0 Å². The van der Waals surface area contributed by atoms with Gasteiger partial charge in [0.05, 0.1) is 18.5 Å². The van der Waals surface area contributed by atoms with Gasteiger partial charge in [-0.25, -0.2) is 4.98 Å². The highest BCUT2D eigenvalue weighted by Gasteiger charge is 2.04. The summed E-state index contributed by atoms with van der Waals surface area (Å²) in [6.45, 7) is 7.33. The Bertz CT molecular complexity index is 408. The molecule has 3 heteroatoms. The summed E-state index contributed by atoms with van der Waals surface area (Å²) in [5.74, 6) is 0.421. The number of methoxy groups -OCH3 is 1. The van der Waals surface area contributed by atoms with Gasteiger partial charge >= 0.3 is 0 Å². The quantitative estimate of drug-likeness (QED) is 0.763. The van der Waals surface area contributed by atoms with Crippen LogP contribution in [-0.2, 0) is 0 Å². The van der Waals surface area contributed by atoms with Crippen LogP contribution in [0.1, 0.15) is 5.69 Å². The molecular weight excluding hydrogens is 188 g/mol. The highest BCUT2D eigenvalue weighted by molar-refractivity contribution is 5.73. The van der Waals surface area contributed by atoms with Crippen molar-refractivity contribution >= 4 is 11.3 Å². The number of hydrogen-bond acceptors (Lipinski definition) is 3. The number of nitrogens with zero attached hydrogens (tertiary/aromatic N) is 1. The Morgan fingerprint density at radius 1 is 1.47 bits per heavy atom. The average molecular weight is 202 g/mol. The summed E-state index contributed by atoms with van der Waals surface area (Å²) < 4.78 is 5.03. The van der Waals surface area contributed by atoms with Gasteiger partial charge in [0.2, 0.25) is 5.88 Å². The van der Waals surface area contributed by atoms with Crippen LogP contribution in [0, 0.1) is 0 Å². The molecule has 0 radical (unpaired) electrons. The molecule has 0 aliphatic carbocycles. The third-order valence-corrected chi connectivity index (χ3v) is 1.90. The predicted octanol–water partition coefficient (Wildman–Crippen LogP) is 2.43. The van der Waals surface area contributed by atoms with Gasteiger partial charge in [0, 0.05) is 0 Å². The molecule has 0 atom stereocenters. The van der Waals surface area contributed by atoms with Gasteiger partial charge in [-0.3, -0.25) is 0 Å². The number of aromatic nitrogens is 1. The number of anilines is 1. The Kier molecular flexibility index (Phi) is 3.68. The average Bonchev–Trinajstić information content (AvgIpc) is 2.27. The number of allylic oxidation sites excluding steroid dienone is 4. The number of pyridine rings is 1. The molecule has 15 heavy (non-hydrogen) atoms. The van der Waals surface area contributed by atoms with E-state index < -0.39 is 0 Å². The lowest BCUT2D eigenvalue weighted by atomic mass is 10.1. The lowest BCUT2D eigenvalue weighted by molar-refractivity contribution is 0.400. The molecule has 3 nitrogen and oxygen atoms in total. The minimum Gasteiger partial charge on any atom is -0.480 e. The minimum atomic E-state index is 0.421. The van der Waals surface area contributed by atoms with Crippen LogP contribution in [0.2, 0.25) is 0 Å². The predicted molar refractivity (Wildman–Crippen MR) is 63.6 cm³/mol. The molecule has 0 bridgehead atoms. The molecule has 0 fully saturated rings. The fraction of sp³-hybridized carbons (Fsp3) is 0.0833. The summed E-state index contributed by atoms with van der Waals surface area (Å²) in [6.07, 6.45) is 5.21. The fourth-order valence-corrected chi connectivity index (χ4v) is 1.16. The van der Waals surface area contributed by atoms with Crippen LogP contribution in [0.25, 0.3) is 5.57 Å². The summed E-state index contributed by atoms with van der Waals surface area (Å²) in [4.78, 5) is 4.25. The summed E-state index contributed by atoms with van der Waals surface area (Å²) in [5.41, 5.74) is 7.82. The standard InChI is InChI=1S/C12H14N2O/c1-4-6-9(5-2)11-8-7-10(13)12(14-11)15-3/h4-8H,1-2,13H2,3H3/b9-6+. The van der Waals surface area contributed by atoms with E-state index in [2.05, 4.69) is 18.1 Å². The fourth-order valence-electron chi connectivity index (χ4n) is 1.16. The van der Waals surface area contributed by atoms with Crippen molar-refractivity contribution in [2.75, 3.05) is 12.8 Å². The zero-order chi connectivity index (χ0) is 11.3. The number of nitrogen functional groups attached to an aromatic ring is 1. The molecule has 0 aromatic carbocycles. The number of rotatable bonds is 4. The first-order chi connectivity index (χ1) is 7.22. The molecule has 1 heterocycles. The van der Waals surface area contributed by atoms with Gasteiger partial charge < -0.3 is 10.5 Å². The molecule has 0 saturated carbocycles. The van der Waals surface area contributed by atoms with E-state index in [-0.39, 0.29) is 0 Å². The zero-order valence-electron chi connectivity index (χ0n) is 8.73. The number of ether oxygens (including phenoxy) is 1. The van der Waals surface area contributed by atoms with Gasteiger partial charge in [-0.1, -0.05) is 31.4 Å². The van der Waals surface area contributed by atoms with Crippen molar-refractivity contribution in [2.45, 2.75) is 0 Å². The maximum Gasteiger partial charge on any atom is 0.237 e. The molecule has 1 aromatic rings. The van der Waals surface area contributed by atoms with E-state index in [4.69, 9.17) is 10.5 Å². The lowest BCUT2D eigenvalue weighted by Crippen LogP contribution is -1.97. The Balaban J connectivity index is 3.20. The van der Waals surface area contributed by atoms with Crippen LogP contribution >= 0.6 is 0 Å². The van der Waals surface area contributed by atoms with Crippen LogP contribution < -0.4 is 10.5 Å². The van der Waals surface area contributed by atoms with Crippen molar-refractivity contribution in [1.82, 2.24) is 4.98 Å². The summed E-state index contributed by atoms with van der Waals surface area (Å²) in [7, 11) is 1.53. The molecule has 0 aliphatic rings. The first-order valence-corrected chi connectivity index (χ1v) is 4.49. The highest BCUT2D eigenvalue weighted by Crippen LogP contribution is 2.22. The van der Waals surface area contributed by atoms with Crippen molar-refractivity contribution in [1.29, 1.82) is 0 Å². The molecule has 1 rings (SSSR count). The van der Waals surface area contributed by atoms with E-state index in [1.165, 1.54) is 7.11 Å². The Labute approximate surface area is 89.6 Å². The molecule has 0 amide bonds. The van der Waals surface area contributed by atoms with E-state index in [9.17, 15) is 0 Å². The molecule has 0 saturated heterocycles. The Morgan fingerprint density at radius 3 is 2.73 bits per heavy atom. The third-order valence-electron chi connectivity index (χ3n) is 1.90. The molecule has 78 valence electrons. The summed E-state index contributed by atoms with van der Waals surface area (Å²) >= 11 is 0. The molecule has 0 unspecified atom stereocenters. The molecule has 0 spiro atoms. The minimum absolute atomic E-state index is 0.421. The topological polar surface area (TPSA) is 48.1 Å². The number of hydrogen-bond donors (Lipinski definition) is 1. The Hall–Kier alpha value is -2.03. The lowest BCUT2D eigenvalue weighted by Gasteiger charge is -2.06. The van der Waals surface area contributed by atoms with Crippen LogP contribution in [-0.4, -0.2) is 12.1 Å². The van der Waals surface area contributed by atoms with Crippen LogP contribution in [0.15, 0.2) is 43.5 Å². The molecule has 2 N–H and O–H groups in total. The maximum absolute atomic E-state index is 5.66. The van der Waals surface area contributed by atoms with Crippen molar-refractivity contribution in [3.8, 4) is 5.88 Å². The molecular formula is C12H14N2O. The molecule has 1 aromatic heterocycles. The highest BCUT2D eigenvalue weighted by atomic mass is 16.5. The van der Waals surface area contributed by atoms with Crippen LogP contribution in [0.4, 0.5) is 5.69 Å². The number of nitrogens with two attached hydrogens (primary N) is 1. The van der Waals surface area contributed by atoms with E-state index in [0.29, 0.717) is 11.6 Å². The monoisotopic (exact) mass is 202 g/mol. The second-order valence-electron chi connectivity index (χ2n) is 2.86. The second kappa shape index (κ2) is 5.00. The smallest absolute Gasteiger partial charge is 0.237 e. The van der Waals surface area contributed by atoms with Crippen molar-refractivity contribution in [3.63, 3.8) is 0 Å². The maximum atomic E-state index is 5.66. The zero-order valence-corrected chi connectivity index (χ0v) is 8.73. The van der Waals surface area contributed by atoms with E-state index >= 15 is 0 Å². The largest absolute Gasteiger partial charge is 0.480 e. The van der Waals surface area contributed by atoms with Crippen LogP contribution in [0.5, 0.6) is 5.88 Å². The first-order valence-electron chi connectivity index (χ1n) is 4.49. The van der Waals surface area contributed by atoms with Gasteiger partial charge in [0.15, 0.2) is 0 Å². The normalized spacial score (nSPS) is 10.9. The van der Waals surface area contributed by atoms with Crippen molar-refractivity contribution < 1.29 is 4.74 Å². The third kappa shape index (κ3) is 2.47.